The van der Waals surface area contributed by atoms with Crippen molar-refractivity contribution in [3.05, 3.63) is 57.6 Å². The van der Waals surface area contributed by atoms with E-state index in [4.69, 9.17) is 27.9 Å². The topological polar surface area (TPSA) is 38.3 Å². The molecule has 2 aromatic rings. The highest BCUT2D eigenvalue weighted by molar-refractivity contribution is 6.32. The lowest BCUT2D eigenvalue weighted by Gasteiger charge is -2.11. The van der Waals surface area contributed by atoms with Gasteiger partial charge in [-0.05, 0) is 49.2 Å². The van der Waals surface area contributed by atoms with E-state index in [9.17, 15) is 4.79 Å². The summed E-state index contributed by atoms with van der Waals surface area (Å²) in [6, 6.07) is 10.7. The number of anilines is 1. The Hall–Kier alpha value is -1.71. The number of amides is 1. The number of halogens is 2. The zero-order valence-electron chi connectivity index (χ0n) is 11.7. The fourth-order valence-corrected chi connectivity index (χ4v) is 2.12. The molecule has 0 radical (unpaired) electrons. The lowest BCUT2D eigenvalue weighted by atomic mass is 10.2. The molecule has 0 aromatic heterocycles. The van der Waals surface area contributed by atoms with E-state index in [0.29, 0.717) is 21.5 Å². The van der Waals surface area contributed by atoms with E-state index in [1.165, 1.54) is 0 Å². The molecule has 2 aromatic carbocycles. The SMILES string of the molecule is Cc1ccc(Cl)c(OCC(=O)Nc2cc(Cl)ccc2C)c1. The second-order valence-electron chi connectivity index (χ2n) is 4.73. The number of carbonyl (C=O) groups is 1. The van der Waals surface area contributed by atoms with Gasteiger partial charge in [0.15, 0.2) is 6.61 Å². The summed E-state index contributed by atoms with van der Waals surface area (Å²) in [6.07, 6.45) is 0. The van der Waals surface area contributed by atoms with Gasteiger partial charge in [0.2, 0.25) is 0 Å². The Morgan fingerprint density at radius 3 is 2.67 bits per heavy atom. The summed E-state index contributed by atoms with van der Waals surface area (Å²) in [5, 5.41) is 3.81. The maximum atomic E-state index is 11.9. The molecule has 0 heterocycles. The van der Waals surface area contributed by atoms with Gasteiger partial charge in [-0.3, -0.25) is 4.79 Å². The van der Waals surface area contributed by atoms with Gasteiger partial charge in [-0.2, -0.15) is 0 Å². The lowest BCUT2D eigenvalue weighted by Crippen LogP contribution is -2.20. The Bertz CT molecular complexity index is 671. The first-order valence-corrected chi connectivity index (χ1v) is 7.16. The number of hydrogen-bond acceptors (Lipinski definition) is 2. The van der Waals surface area contributed by atoms with Crippen molar-refractivity contribution >= 4 is 34.8 Å². The number of hydrogen-bond donors (Lipinski definition) is 1. The van der Waals surface area contributed by atoms with Crippen LogP contribution in [0.2, 0.25) is 10.0 Å². The molecule has 3 nitrogen and oxygen atoms in total. The van der Waals surface area contributed by atoms with Crippen LogP contribution in [0.5, 0.6) is 5.75 Å². The van der Waals surface area contributed by atoms with Crippen LogP contribution in [0, 0.1) is 13.8 Å². The van der Waals surface area contributed by atoms with Gasteiger partial charge in [0.25, 0.3) is 5.91 Å². The van der Waals surface area contributed by atoms with E-state index in [-0.39, 0.29) is 12.5 Å². The van der Waals surface area contributed by atoms with Crippen molar-refractivity contribution in [1.29, 1.82) is 0 Å². The summed E-state index contributed by atoms with van der Waals surface area (Å²) in [7, 11) is 0. The fourth-order valence-electron chi connectivity index (χ4n) is 1.78. The number of nitrogens with one attached hydrogen (secondary N) is 1. The third-order valence-electron chi connectivity index (χ3n) is 2.92. The molecular weight excluding hydrogens is 309 g/mol. The van der Waals surface area contributed by atoms with Crippen LogP contribution in [0.15, 0.2) is 36.4 Å². The van der Waals surface area contributed by atoms with E-state index in [0.717, 1.165) is 11.1 Å². The van der Waals surface area contributed by atoms with Crippen LogP contribution in [0.3, 0.4) is 0 Å². The molecule has 0 spiro atoms. The Kier molecular flexibility index (Phi) is 5.10. The predicted molar refractivity (Wildman–Crippen MR) is 86.5 cm³/mol. The number of ether oxygens (including phenoxy) is 1. The maximum absolute atomic E-state index is 11.9. The van der Waals surface area contributed by atoms with Crippen molar-refractivity contribution < 1.29 is 9.53 Å². The second-order valence-corrected chi connectivity index (χ2v) is 5.57. The number of benzene rings is 2. The number of carbonyl (C=O) groups excluding carboxylic acids is 1. The van der Waals surface area contributed by atoms with E-state index in [2.05, 4.69) is 5.32 Å². The van der Waals surface area contributed by atoms with Gasteiger partial charge in [0.05, 0.1) is 5.02 Å². The van der Waals surface area contributed by atoms with Gasteiger partial charge < -0.3 is 10.1 Å². The minimum absolute atomic E-state index is 0.116. The van der Waals surface area contributed by atoms with Crippen molar-refractivity contribution in [2.75, 3.05) is 11.9 Å². The quantitative estimate of drug-likeness (QED) is 0.890. The van der Waals surface area contributed by atoms with Crippen molar-refractivity contribution in [1.82, 2.24) is 0 Å². The van der Waals surface area contributed by atoms with Gasteiger partial charge in [-0.25, -0.2) is 0 Å². The molecule has 1 N–H and O–H groups in total. The summed E-state index contributed by atoms with van der Waals surface area (Å²) in [5.74, 6) is 0.229. The van der Waals surface area contributed by atoms with E-state index < -0.39 is 0 Å². The molecular formula is C16H15Cl2NO2. The molecule has 0 aliphatic carbocycles. The summed E-state index contributed by atoms with van der Waals surface area (Å²) in [4.78, 5) is 11.9. The first-order valence-electron chi connectivity index (χ1n) is 6.40. The first kappa shape index (κ1) is 15.7. The monoisotopic (exact) mass is 323 g/mol. The number of aryl methyl sites for hydroxylation is 2. The smallest absolute Gasteiger partial charge is 0.262 e. The lowest BCUT2D eigenvalue weighted by molar-refractivity contribution is -0.118. The van der Waals surface area contributed by atoms with Crippen molar-refractivity contribution in [3.63, 3.8) is 0 Å². The molecule has 0 saturated heterocycles. The van der Waals surface area contributed by atoms with E-state index >= 15 is 0 Å². The van der Waals surface area contributed by atoms with E-state index in [1.54, 1.807) is 24.3 Å². The summed E-state index contributed by atoms with van der Waals surface area (Å²) < 4.78 is 5.44. The summed E-state index contributed by atoms with van der Waals surface area (Å²) in [6.45, 7) is 3.71. The molecule has 0 atom stereocenters. The average Bonchev–Trinajstić information content (AvgIpc) is 2.44. The molecule has 2 rings (SSSR count). The van der Waals surface area contributed by atoms with Gasteiger partial charge in [0, 0.05) is 10.7 Å². The minimum atomic E-state index is -0.266. The van der Waals surface area contributed by atoms with Crippen LogP contribution in [0.1, 0.15) is 11.1 Å². The molecule has 0 unspecified atom stereocenters. The summed E-state index contributed by atoms with van der Waals surface area (Å²) in [5.41, 5.74) is 2.62. The van der Waals surface area contributed by atoms with Crippen LogP contribution in [-0.4, -0.2) is 12.5 Å². The van der Waals surface area contributed by atoms with Crippen molar-refractivity contribution in [2.24, 2.45) is 0 Å². The van der Waals surface area contributed by atoms with Gasteiger partial charge in [-0.15, -0.1) is 0 Å². The zero-order chi connectivity index (χ0) is 15.4. The Labute approximate surface area is 133 Å². The van der Waals surface area contributed by atoms with Crippen LogP contribution in [0.25, 0.3) is 0 Å². The van der Waals surface area contributed by atoms with Gasteiger partial charge in [0.1, 0.15) is 5.75 Å². The predicted octanol–water partition coefficient (Wildman–Crippen LogP) is 4.63. The highest BCUT2D eigenvalue weighted by Crippen LogP contribution is 2.25. The van der Waals surface area contributed by atoms with Crippen LogP contribution < -0.4 is 10.1 Å². The van der Waals surface area contributed by atoms with Gasteiger partial charge >= 0.3 is 0 Å². The Morgan fingerprint density at radius 1 is 1.14 bits per heavy atom. The molecule has 0 saturated carbocycles. The van der Waals surface area contributed by atoms with Crippen LogP contribution in [0.4, 0.5) is 5.69 Å². The normalized spacial score (nSPS) is 10.3. The maximum Gasteiger partial charge on any atom is 0.262 e. The zero-order valence-corrected chi connectivity index (χ0v) is 13.3. The Balaban J connectivity index is 1.99. The van der Waals surface area contributed by atoms with E-state index in [1.807, 2.05) is 26.0 Å². The standard InChI is InChI=1S/C16H15Cl2NO2/c1-10-3-6-13(18)15(7-10)21-9-16(20)19-14-8-12(17)5-4-11(14)2/h3-8H,9H2,1-2H3,(H,19,20). The molecule has 21 heavy (non-hydrogen) atoms. The molecule has 0 fully saturated rings. The molecule has 0 aliphatic heterocycles. The number of rotatable bonds is 4. The first-order chi connectivity index (χ1) is 9.95. The largest absolute Gasteiger partial charge is 0.482 e. The molecule has 5 heteroatoms. The molecule has 0 bridgehead atoms. The highest BCUT2D eigenvalue weighted by Gasteiger charge is 2.08. The summed E-state index contributed by atoms with van der Waals surface area (Å²) >= 11 is 11.9. The molecule has 1 amide bonds. The highest BCUT2D eigenvalue weighted by atomic mass is 35.5. The third kappa shape index (κ3) is 4.38. The average molecular weight is 324 g/mol. The van der Waals surface area contributed by atoms with Gasteiger partial charge in [-0.1, -0.05) is 35.3 Å². The van der Waals surface area contributed by atoms with Crippen LogP contribution in [-0.2, 0) is 4.79 Å². The molecule has 0 aliphatic rings. The third-order valence-corrected chi connectivity index (χ3v) is 3.47. The van der Waals surface area contributed by atoms with Crippen LogP contribution >= 0.6 is 23.2 Å². The fraction of sp³-hybridized carbons (Fsp3) is 0.188. The molecule has 110 valence electrons. The minimum Gasteiger partial charge on any atom is -0.482 e. The second kappa shape index (κ2) is 6.83. The van der Waals surface area contributed by atoms with Crippen molar-refractivity contribution in [3.8, 4) is 5.75 Å². The van der Waals surface area contributed by atoms with Crippen molar-refractivity contribution in [2.45, 2.75) is 13.8 Å². The Morgan fingerprint density at radius 2 is 1.90 bits per heavy atom.